The fourth-order valence-electron chi connectivity index (χ4n) is 1.67. The summed E-state index contributed by atoms with van der Waals surface area (Å²) in [6.07, 6.45) is 5.15. The summed E-state index contributed by atoms with van der Waals surface area (Å²) in [5.41, 5.74) is 1.31. The number of hydrogen-bond acceptors (Lipinski definition) is 4. The highest BCUT2D eigenvalue weighted by molar-refractivity contribution is 9.10. The molecule has 2 aromatic heterocycles. The van der Waals surface area contributed by atoms with E-state index < -0.39 is 0 Å². The number of halogens is 1. The molecular formula is C12H16BrN5O. The van der Waals surface area contributed by atoms with Crippen molar-refractivity contribution in [3.63, 3.8) is 0 Å². The van der Waals surface area contributed by atoms with Crippen LogP contribution in [0.25, 0.3) is 0 Å². The second kappa shape index (κ2) is 5.56. The Balaban J connectivity index is 2.28. The van der Waals surface area contributed by atoms with Gasteiger partial charge in [0.15, 0.2) is 0 Å². The standard InChI is InChI=1S/C12H16BrN5O/c1-8(2)6-18-12(19)11(13)10(5-15-18)16-9-4-14-17(3)7-9/h4-5,7-8,16H,6H2,1-3H3. The normalized spacial score (nSPS) is 11.0. The van der Waals surface area contributed by atoms with Gasteiger partial charge in [-0.25, -0.2) is 4.68 Å². The molecule has 0 atom stereocenters. The Morgan fingerprint density at radius 3 is 2.68 bits per heavy atom. The topological polar surface area (TPSA) is 64.7 Å². The highest BCUT2D eigenvalue weighted by Crippen LogP contribution is 2.21. The molecule has 7 heteroatoms. The predicted molar refractivity (Wildman–Crippen MR) is 77.5 cm³/mol. The van der Waals surface area contributed by atoms with Gasteiger partial charge in [0.25, 0.3) is 5.56 Å². The Bertz CT molecular complexity index is 631. The van der Waals surface area contributed by atoms with Crippen LogP contribution < -0.4 is 10.9 Å². The van der Waals surface area contributed by atoms with Gasteiger partial charge in [-0.2, -0.15) is 10.2 Å². The van der Waals surface area contributed by atoms with E-state index in [-0.39, 0.29) is 5.56 Å². The van der Waals surface area contributed by atoms with Crippen molar-refractivity contribution in [3.05, 3.63) is 33.4 Å². The number of aromatic nitrogens is 4. The Hall–Kier alpha value is -1.63. The summed E-state index contributed by atoms with van der Waals surface area (Å²) in [5.74, 6) is 0.370. The van der Waals surface area contributed by atoms with E-state index >= 15 is 0 Å². The third-order valence-electron chi connectivity index (χ3n) is 2.51. The van der Waals surface area contributed by atoms with Crippen LogP contribution in [0.1, 0.15) is 13.8 Å². The fourth-order valence-corrected chi connectivity index (χ4v) is 2.08. The van der Waals surface area contributed by atoms with Crippen molar-refractivity contribution in [2.75, 3.05) is 5.32 Å². The molecule has 0 aliphatic rings. The fraction of sp³-hybridized carbons (Fsp3) is 0.417. The average Bonchev–Trinajstić information content (AvgIpc) is 2.74. The highest BCUT2D eigenvalue weighted by Gasteiger charge is 2.10. The van der Waals surface area contributed by atoms with E-state index in [9.17, 15) is 4.79 Å². The van der Waals surface area contributed by atoms with Crippen molar-refractivity contribution in [2.45, 2.75) is 20.4 Å². The van der Waals surface area contributed by atoms with Gasteiger partial charge in [0.05, 0.1) is 23.8 Å². The first kappa shape index (κ1) is 13.8. The first-order valence-electron chi connectivity index (χ1n) is 5.98. The molecule has 1 N–H and O–H groups in total. The zero-order valence-corrected chi connectivity index (χ0v) is 12.7. The van der Waals surface area contributed by atoms with Crippen LogP contribution in [0.5, 0.6) is 0 Å². The lowest BCUT2D eigenvalue weighted by Gasteiger charge is -2.10. The van der Waals surface area contributed by atoms with Gasteiger partial charge in [0.1, 0.15) is 4.47 Å². The van der Waals surface area contributed by atoms with Gasteiger partial charge in [-0.15, -0.1) is 0 Å². The number of rotatable bonds is 4. The monoisotopic (exact) mass is 325 g/mol. The molecule has 19 heavy (non-hydrogen) atoms. The van der Waals surface area contributed by atoms with Crippen LogP contribution >= 0.6 is 15.9 Å². The van der Waals surface area contributed by atoms with Crippen molar-refractivity contribution in [1.29, 1.82) is 0 Å². The Morgan fingerprint density at radius 2 is 2.11 bits per heavy atom. The van der Waals surface area contributed by atoms with Gasteiger partial charge < -0.3 is 5.32 Å². The number of nitrogens with one attached hydrogen (secondary N) is 1. The first-order chi connectivity index (χ1) is 8.97. The summed E-state index contributed by atoms with van der Waals surface area (Å²) in [6, 6.07) is 0. The molecule has 2 rings (SSSR count). The minimum atomic E-state index is -0.136. The largest absolute Gasteiger partial charge is 0.351 e. The second-order valence-corrected chi connectivity index (χ2v) is 5.57. The summed E-state index contributed by atoms with van der Waals surface area (Å²) in [4.78, 5) is 12.1. The van der Waals surface area contributed by atoms with E-state index in [0.717, 1.165) is 5.69 Å². The van der Waals surface area contributed by atoms with Gasteiger partial charge in [0, 0.05) is 19.8 Å². The lowest BCUT2D eigenvalue weighted by atomic mass is 10.2. The molecule has 0 aromatic carbocycles. The molecular weight excluding hydrogens is 310 g/mol. The minimum absolute atomic E-state index is 0.136. The molecule has 0 spiro atoms. The minimum Gasteiger partial charge on any atom is -0.351 e. The van der Waals surface area contributed by atoms with Crippen LogP contribution in [-0.2, 0) is 13.6 Å². The van der Waals surface area contributed by atoms with Crippen molar-refractivity contribution >= 4 is 27.3 Å². The summed E-state index contributed by atoms with van der Waals surface area (Å²) in [5, 5.41) is 11.3. The maximum atomic E-state index is 12.1. The second-order valence-electron chi connectivity index (χ2n) is 4.78. The summed E-state index contributed by atoms with van der Waals surface area (Å²) in [7, 11) is 1.83. The Labute approximate surface area is 119 Å². The molecule has 0 fully saturated rings. The Kier molecular flexibility index (Phi) is 4.04. The maximum Gasteiger partial charge on any atom is 0.283 e. The van der Waals surface area contributed by atoms with E-state index in [1.54, 1.807) is 17.1 Å². The van der Waals surface area contributed by atoms with Crippen molar-refractivity contribution < 1.29 is 0 Å². The first-order valence-corrected chi connectivity index (χ1v) is 6.78. The Morgan fingerprint density at radius 1 is 1.37 bits per heavy atom. The van der Waals surface area contributed by atoms with Crippen molar-refractivity contribution in [2.24, 2.45) is 13.0 Å². The van der Waals surface area contributed by atoms with E-state index in [0.29, 0.717) is 22.6 Å². The molecule has 0 amide bonds. The SMILES string of the molecule is CC(C)Cn1ncc(Nc2cnn(C)c2)c(Br)c1=O. The van der Waals surface area contributed by atoms with E-state index in [4.69, 9.17) is 0 Å². The molecule has 0 bridgehead atoms. The van der Waals surface area contributed by atoms with E-state index in [2.05, 4.69) is 31.4 Å². The third kappa shape index (κ3) is 3.23. The number of nitrogens with zero attached hydrogens (tertiary/aromatic N) is 4. The molecule has 0 aliphatic heterocycles. The zero-order chi connectivity index (χ0) is 14.0. The van der Waals surface area contributed by atoms with Crippen molar-refractivity contribution in [3.8, 4) is 0 Å². The average molecular weight is 326 g/mol. The van der Waals surface area contributed by atoms with Gasteiger partial charge in [-0.05, 0) is 21.8 Å². The molecule has 6 nitrogen and oxygen atoms in total. The van der Waals surface area contributed by atoms with Gasteiger partial charge in [-0.1, -0.05) is 13.8 Å². The van der Waals surface area contributed by atoms with Crippen LogP contribution in [0, 0.1) is 5.92 Å². The van der Waals surface area contributed by atoms with Crippen molar-refractivity contribution in [1.82, 2.24) is 19.6 Å². The molecule has 0 radical (unpaired) electrons. The quantitative estimate of drug-likeness (QED) is 0.935. The molecule has 0 unspecified atom stereocenters. The lowest BCUT2D eigenvalue weighted by Crippen LogP contribution is -2.26. The predicted octanol–water partition coefficient (Wildman–Crippen LogP) is 2.14. The van der Waals surface area contributed by atoms with E-state index in [1.165, 1.54) is 4.68 Å². The molecule has 2 heterocycles. The van der Waals surface area contributed by atoms with E-state index in [1.807, 2.05) is 27.1 Å². The van der Waals surface area contributed by atoms with Gasteiger partial charge >= 0.3 is 0 Å². The lowest BCUT2D eigenvalue weighted by molar-refractivity contribution is 0.463. The van der Waals surface area contributed by atoms with Crippen LogP contribution in [0.4, 0.5) is 11.4 Å². The third-order valence-corrected chi connectivity index (χ3v) is 3.27. The smallest absolute Gasteiger partial charge is 0.283 e. The van der Waals surface area contributed by atoms with Crippen LogP contribution in [0.3, 0.4) is 0 Å². The molecule has 0 saturated heterocycles. The summed E-state index contributed by atoms with van der Waals surface area (Å²) >= 11 is 3.32. The molecule has 0 aliphatic carbocycles. The van der Waals surface area contributed by atoms with Gasteiger partial charge in [0.2, 0.25) is 0 Å². The molecule has 2 aromatic rings. The zero-order valence-electron chi connectivity index (χ0n) is 11.1. The number of anilines is 2. The maximum absolute atomic E-state index is 12.1. The molecule has 102 valence electrons. The van der Waals surface area contributed by atoms with Crippen LogP contribution in [0.2, 0.25) is 0 Å². The summed E-state index contributed by atoms with van der Waals surface area (Å²) < 4.78 is 3.62. The number of aryl methyl sites for hydroxylation is 1. The molecule has 0 saturated carbocycles. The van der Waals surface area contributed by atoms with Crippen LogP contribution in [-0.4, -0.2) is 19.6 Å². The van der Waals surface area contributed by atoms with Gasteiger partial charge in [-0.3, -0.25) is 9.48 Å². The summed E-state index contributed by atoms with van der Waals surface area (Å²) in [6.45, 7) is 4.69. The highest BCUT2D eigenvalue weighted by atomic mass is 79.9. The van der Waals surface area contributed by atoms with Crippen LogP contribution in [0.15, 0.2) is 27.9 Å². The number of hydrogen-bond donors (Lipinski definition) is 1.